The number of hydrogen-bond acceptors (Lipinski definition) is 7. The number of aromatic nitrogens is 4. The van der Waals surface area contributed by atoms with Crippen molar-refractivity contribution in [2.24, 2.45) is 0 Å². The molecule has 0 radical (unpaired) electrons. The Labute approximate surface area is 156 Å². The molecule has 3 aromatic heterocycles. The highest BCUT2D eigenvalue weighted by Gasteiger charge is 2.25. The number of ether oxygens (including phenoxy) is 1. The van der Waals surface area contributed by atoms with Crippen LogP contribution in [0.2, 0.25) is 0 Å². The maximum Gasteiger partial charge on any atom is 0.227 e. The molecule has 1 aliphatic rings. The van der Waals surface area contributed by atoms with Gasteiger partial charge in [-0.25, -0.2) is 0 Å². The molecule has 3 aromatic rings. The van der Waals surface area contributed by atoms with E-state index >= 15 is 0 Å². The van der Waals surface area contributed by atoms with Gasteiger partial charge in [-0.15, -0.1) is 0 Å². The van der Waals surface area contributed by atoms with Crippen molar-refractivity contribution in [3.8, 4) is 22.8 Å². The van der Waals surface area contributed by atoms with Crippen molar-refractivity contribution in [2.75, 3.05) is 25.2 Å². The second-order valence-corrected chi connectivity index (χ2v) is 6.30. The first-order valence-corrected chi connectivity index (χ1v) is 8.71. The van der Waals surface area contributed by atoms with Crippen LogP contribution in [0.15, 0.2) is 35.1 Å². The molecule has 0 N–H and O–H groups in total. The van der Waals surface area contributed by atoms with Crippen LogP contribution in [0.3, 0.4) is 0 Å². The molecule has 0 unspecified atom stereocenters. The van der Waals surface area contributed by atoms with E-state index in [-0.39, 0.29) is 5.91 Å². The molecule has 8 nitrogen and oxygen atoms in total. The van der Waals surface area contributed by atoms with E-state index in [0.29, 0.717) is 37.7 Å². The first-order valence-electron chi connectivity index (χ1n) is 8.71. The van der Waals surface area contributed by atoms with E-state index in [2.05, 4.69) is 20.1 Å². The third-order valence-corrected chi connectivity index (χ3v) is 4.49. The molecule has 1 aliphatic heterocycles. The lowest BCUT2D eigenvalue weighted by Crippen LogP contribution is -2.37. The van der Waals surface area contributed by atoms with Crippen LogP contribution in [0.1, 0.15) is 17.9 Å². The number of carbonyl (C=O) groups excluding carboxylic acids is 1. The van der Waals surface area contributed by atoms with E-state index in [1.165, 1.54) is 0 Å². The fourth-order valence-corrected chi connectivity index (χ4v) is 3.14. The Morgan fingerprint density at radius 2 is 2.07 bits per heavy atom. The smallest absolute Gasteiger partial charge is 0.227 e. The van der Waals surface area contributed by atoms with Gasteiger partial charge < -0.3 is 14.2 Å². The van der Waals surface area contributed by atoms with Crippen LogP contribution in [0, 0.1) is 6.92 Å². The summed E-state index contributed by atoms with van der Waals surface area (Å²) in [4.78, 5) is 27.2. The molecule has 0 saturated heterocycles. The van der Waals surface area contributed by atoms with Crippen LogP contribution in [-0.4, -0.2) is 46.3 Å². The number of pyridine rings is 2. The van der Waals surface area contributed by atoms with Gasteiger partial charge in [-0.05, 0) is 30.2 Å². The Morgan fingerprint density at radius 1 is 1.22 bits per heavy atom. The summed E-state index contributed by atoms with van der Waals surface area (Å²) < 4.78 is 10.2. The number of hydrogen-bond donors (Lipinski definition) is 0. The van der Waals surface area contributed by atoms with E-state index < -0.39 is 0 Å². The van der Waals surface area contributed by atoms with Crippen LogP contribution >= 0.6 is 0 Å². The number of fused-ring (bicyclic) bond motifs is 1. The number of anilines is 1. The van der Waals surface area contributed by atoms with Crippen molar-refractivity contribution >= 4 is 11.6 Å². The van der Waals surface area contributed by atoms with Crippen molar-refractivity contribution in [1.82, 2.24) is 20.1 Å². The monoisotopic (exact) mass is 365 g/mol. The lowest BCUT2D eigenvalue weighted by Gasteiger charge is -2.29. The van der Waals surface area contributed by atoms with E-state index in [1.807, 2.05) is 18.2 Å². The number of aryl methyl sites for hydroxylation is 2. The van der Waals surface area contributed by atoms with Gasteiger partial charge in [0.25, 0.3) is 0 Å². The first-order chi connectivity index (χ1) is 13.2. The van der Waals surface area contributed by atoms with Gasteiger partial charge in [-0.1, -0.05) is 5.16 Å². The van der Waals surface area contributed by atoms with E-state index in [1.54, 1.807) is 31.3 Å². The minimum Gasteiger partial charge on any atom is -0.383 e. The predicted octanol–water partition coefficient (Wildman–Crippen LogP) is 2.43. The second kappa shape index (κ2) is 7.24. The quantitative estimate of drug-likeness (QED) is 0.685. The van der Waals surface area contributed by atoms with Crippen LogP contribution < -0.4 is 4.90 Å². The van der Waals surface area contributed by atoms with E-state index in [4.69, 9.17) is 9.26 Å². The van der Waals surface area contributed by atoms with Gasteiger partial charge in [-0.2, -0.15) is 4.98 Å². The minimum absolute atomic E-state index is 0.0988. The summed E-state index contributed by atoms with van der Waals surface area (Å²) in [6.07, 6.45) is 4.61. The van der Waals surface area contributed by atoms with E-state index in [0.717, 1.165) is 28.2 Å². The maximum atomic E-state index is 12.2. The summed E-state index contributed by atoms with van der Waals surface area (Å²) in [5.41, 5.74) is 4.21. The fourth-order valence-electron chi connectivity index (χ4n) is 3.14. The zero-order chi connectivity index (χ0) is 18.8. The van der Waals surface area contributed by atoms with Crippen LogP contribution in [0.4, 0.5) is 5.69 Å². The highest BCUT2D eigenvalue weighted by atomic mass is 16.5. The number of amides is 1. The fraction of sp³-hybridized carbons (Fsp3) is 0.316. The van der Waals surface area contributed by atoms with Gasteiger partial charge in [0.05, 0.1) is 29.9 Å². The van der Waals surface area contributed by atoms with Crippen molar-refractivity contribution in [3.05, 3.63) is 42.0 Å². The van der Waals surface area contributed by atoms with Crippen LogP contribution in [0.25, 0.3) is 22.8 Å². The van der Waals surface area contributed by atoms with Gasteiger partial charge in [0.15, 0.2) is 0 Å². The Kier molecular flexibility index (Phi) is 4.64. The molecule has 0 spiro atoms. The molecular formula is C19H19N5O3. The van der Waals surface area contributed by atoms with Gasteiger partial charge in [0, 0.05) is 38.8 Å². The zero-order valence-corrected chi connectivity index (χ0v) is 15.2. The van der Waals surface area contributed by atoms with Crippen molar-refractivity contribution in [3.63, 3.8) is 0 Å². The molecule has 8 heteroatoms. The molecule has 4 rings (SSSR count). The second-order valence-electron chi connectivity index (χ2n) is 6.30. The summed E-state index contributed by atoms with van der Waals surface area (Å²) in [6.45, 7) is 2.76. The number of rotatable bonds is 5. The van der Waals surface area contributed by atoms with Crippen LogP contribution in [0.5, 0.6) is 0 Å². The Bertz CT molecular complexity index is 985. The summed E-state index contributed by atoms with van der Waals surface area (Å²) >= 11 is 0. The van der Waals surface area contributed by atoms with Gasteiger partial charge >= 0.3 is 0 Å². The molecule has 0 bridgehead atoms. The molecule has 138 valence electrons. The molecule has 1 amide bonds. The van der Waals surface area contributed by atoms with E-state index in [9.17, 15) is 4.79 Å². The average Bonchev–Trinajstić information content (AvgIpc) is 3.13. The lowest BCUT2D eigenvalue weighted by atomic mass is 10.0. The van der Waals surface area contributed by atoms with Gasteiger partial charge in [0.2, 0.25) is 17.6 Å². The predicted molar refractivity (Wildman–Crippen MR) is 98.0 cm³/mol. The normalized spacial score (nSPS) is 13.7. The van der Waals surface area contributed by atoms with Crippen LogP contribution in [-0.2, 0) is 16.0 Å². The molecule has 0 atom stereocenters. The molecule has 0 aromatic carbocycles. The van der Waals surface area contributed by atoms with Crippen molar-refractivity contribution in [1.29, 1.82) is 0 Å². The Balaban J connectivity index is 1.67. The number of methoxy groups -OCH3 is 1. The Morgan fingerprint density at radius 3 is 2.85 bits per heavy atom. The molecule has 27 heavy (non-hydrogen) atoms. The molecule has 0 aliphatic carbocycles. The first kappa shape index (κ1) is 17.3. The van der Waals surface area contributed by atoms with Gasteiger partial charge in [-0.3, -0.25) is 14.8 Å². The summed E-state index contributed by atoms with van der Waals surface area (Å²) in [5, 5.41) is 3.95. The lowest BCUT2D eigenvalue weighted by molar-refractivity contribution is -0.119. The standard InChI is InChI=1S/C19H19N5O3/c1-12-22-19(23-27-12)14-5-6-20-15(10-14)16-9-13-3-4-18(25)24(7-8-26-2)17(13)11-21-16/h5-6,9-11H,3-4,7-8H2,1-2H3. The molecule has 0 saturated carbocycles. The zero-order valence-electron chi connectivity index (χ0n) is 15.2. The van der Waals surface area contributed by atoms with Gasteiger partial charge in [0.1, 0.15) is 0 Å². The summed E-state index contributed by atoms with van der Waals surface area (Å²) in [5.74, 6) is 1.13. The number of carbonyl (C=O) groups is 1. The summed E-state index contributed by atoms with van der Waals surface area (Å²) in [7, 11) is 1.63. The third-order valence-electron chi connectivity index (χ3n) is 4.49. The summed E-state index contributed by atoms with van der Waals surface area (Å²) in [6, 6.07) is 5.71. The largest absolute Gasteiger partial charge is 0.383 e. The molecular weight excluding hydrogens is 346 g/mol. The number of nitrogens with zero attached hydrogens (tertiary/aromatic N) is 5. The maximum absolute atomic E-state index is 12.2. The highest BCUT2D eigenvalue weighted by Crippen LogP contribution is 2.30. The SMILES string of the molecule is COCCN1C(=O)CCc2cc(-c3cc(-c4noc(C)n4)ccn3)ncc21. The molecule has 0 fully saturated rings. The Hall–Kier alpha value is -3.13. The minimum atomic E-state index is 0.0988. The average molecular weight is 365 g/mol. The molecule has 4 heterocycles. The third kappa shape index (κ3) is 3.43. The highest BCUT2D eigenvalue weighted by molar-refractivity contribution is 5.96. The van der Waals surface area contributed by atoms with Crippen molar-refractivity contribution in [2.45, 2.75) is 19.8 Å². The topological polar surface area (TPSA) is 94.2 Å². The van der Waals surface area contributed by atoms with Crippen molar-refractivity contribution < 1.29 is 14.1 Å².